The van der Waals surface area contributed by atoms with Crippen molar-refractivity contribution in [1.82, 2.24) is 14.6 Å². The van der Waals surface area contributed by atoms with Crippen molar-refractivity contribution in [2.75, 3.05) is 26.2 Å². The van der Waals surface area contributed by atoms with Crippen molar-refractivity contribution in [3.05, 3.63) is 36.7 Å². The quantitative estimate of drug-likeness (QED) is 0.686. The number of hydrogen-bond donors (Lipinski definition) is 1. The minimum absolute atomic E-state index is 0. The van der Waals surface area contributed by atoms with Crippen LogP contribution in [0.1, 0.15) is 0 Å². The summed E-state index contributed by atoms with van der Waals surface area (Å²) in [4.78, 5) is 4.40. The Hall–Kier alpha value is -1.21. The first-order chi connectivity index (χ1) is 9.19. The molecule has 108 valence electrons. The molecule has 5 nitrogen and oxygen atoms in total. The van der Waals surface area contributed by atoms with Crippen LogP contribution in [0.2, 0.25) is 0 Å². The van der Waals surface area contributed by atoms with Crippen molar-refractivity contribution >= 4 is 20.8 Å². The highest BCUT2D eigenvalue weighted by molar-refractivity contribution is 7.89. The second-order valence-electron chi connectivity index (χ2n) is 4.51. The van der Waals surface area contributed by atoms with Gasteiger partial charge in [-0.2, -0.15) is 4.31 Å². The fourth-order valence-corrected chi connectivity index (χ4v) is 4.00. The highest BCUT2D eigenvalue weighted by Gasteiger charge is 2.27. The van der Waals surface area contributed by atoms with Crippen molar-refractivity contribution in [3.8, 4) is 0 Å². The Balaban J connectivity index is 0.00000147. The predicted molar refractivity (Wildman–Crippen MR) is 73.4 cm³/mol. The summed E-state index contributed by atoms with van der Waals surface area (Å²) < 4.78 is 26.9. The molecule has 1 aromatic carbocycles. The Morgan fingerprint density at radius 3 is 2.65 bits per heavy atom. The van der Waals surface area contributed by atoms with Crippen molar-refractivity contribution in [3.63, 3.8) is 0 Å². The summed E-state index contributed by atoms with van der Waals surface area (Å²) in [6, 6.07) is 7.06. The number of benzene rings is 1. The fraction of sp³-hybridized carbons (Fsp3) is 0.308. The molecule has 0 unspecified atom stereocenters. The van der Waals surface area contributed by atoms with E-state index < -0.39 is 10.0 Å². The van der Waals surface area contributed by atoms with E-state index in [1.807, 2.05) is 6.07 Å². The molecule has 1 fully saturated rings. The van der Waals surface area contributed by atoms with Gasteiger partial charge in [-0.25, -0.2) is 8.42 Å². The van der Waals surface area contributed by atoms with E-state index in [0.717, 1.165) is 10.8 Å². The molecule has 1 N–H and O–H groups in total. The molecular weight excluding hydrogens is 298 g/mol. The first-order valence-electron chi connectivity index (χ1n) is 6.23. The van der Waals surface area contributed by atoms with Gasteiger partial charge in [0.1, 0.15) is 0 Å². The lowest BCUT2D eigenvalue weighted by molar-refractivity contribution is -0.00000642. The van der Waals surface area contributed by atoms with Gasteiger partial charge in [-0.1, -0.05) is 12.1 Å². The molecular formula is C13H15ClN3O2S-. The number of rotatable bonds is 2. The highest BCUT2D eigenvalue weighted by Crippen LogP contribution is 2.25. The Bertz CT molecular complexity index is 694. The standard InChI is InChI=1S/C13H15N3O2S.ClH/c17-19(18,16-8-6-14-7-9-16)13-3-1-2-11-10-15-5-4-12(11)13;/h1-5,10,14H,6-9H2;1H/p-1. The minimum atomic E-state index is -3.42. The second-order valence-corrected chi connectivity index (χ2v) is 6.41. The molecule has 0 spiro atoms. The van der Waals surface area contributed by atoms with E-state index in [-0.39, 0.29) is 12.4 Å². The van der Waals surface area contributed by atoms with Gasteiger partial charge in [-0.15, -0.1) is 0 Å². The molecule has 20 heavy (non-hydrogen) atoms. The number of aromatic nitrogens is 1. The Kier molecular flexibility index (Phi) is 4.59. The molecule has 2 heterocycles. The number of pyridine rings is 1. The number of hydrogen-bond acceptors (Lipinski definition) is 4. The Morgan fingerprint density at radius 2 is 1.90 bits per heavy atom. The maximum absolute atomic E-state index is 12.7. The molecule has 0 aliphatic carbocycles. The zero-order chi connectivity index (χ0) is 13.3. The molecule has 1 aliphatic heterocycles. The van der Waals surface area contributed by atoms with Crippen LogP contribution in [0.15, 0.2) is 41.6 Å². The van der Waals surface area contributed by atoms with Crippen LogP contribution in [0.3, 0.4) is 0 Å². The van der Waals surface area contributed by atoms with Gasteiger partial charge in [-0.05, 0) is 12.1 Å². The van der Waals surface area contributed by atoms with Gasteiger partial charge >= 0.3 is 0 Å². The topological polar surface area (TPSA) is 62.3 Å². The molecule has 0 amide bonds. The van der Waals surface area contributed by atoms with Gasteiger partial charge in [0.25, 0.3) is 0 Å². The molecule has 0 bridgehead atoms. The van der Waals surface area contributed by atoms with Crippen molar-refractivity contribution in [2.45, 2.75) is 4.90 Å². The van der Waals surface area contributed by atoms with E-state index in [4.69, 9.17) is 0 Å². The van der Waals surface area contributed by atoms with Crippen LogP contribution in [0.25, 0.3) is 10.8 Å². The van der Waals surface area contributed by atoms with E-state index >= 15 is 0 Å². The number of nitrogens with one attached hydrogen (secondary N) is 1. The van der Waals surface area contributed by atoms with Crippen molar-refractivity contribution in [2.24, 2.45) is 0 Å². The maximum Gasteiger partial charge on any atom is 0.243 e. The summed E-state index contributed by atoms with van der Waals surface area (Å²) >= 11 is 0. The molecule has 1 saturated heterocycles. The van der Waals surface area contributed by atoms with Gasteiger partial charge in [0.05, 0.1) is 4.90 Å². The number of sulfonamides is 1. The van der Waals surface area contributed by atoms with Crippen molar-refractivity contribution < 1.29 is 20.8 Å². The van der Waals surface area contributed by atoms with Gasteiger partial charge in [0.15, 0.2) is 0 Å². The molecule has 3 rings (SSSR count). The van der Waals surface area contributed by atoms with Gasteiger partial charge in [0, 0.05) is 49.3 Å². The molecule has 1 aromatic heterocycles. The first-order valence-corrected chi connectivity index (χ1v) is 7.67. The van der Waals surface area contributed by atoms with Crippen LogP contribution in [0, 0.1) is 0 Å². The fourth-order valence-electron chi connectivity index (χ4n) is 2.34. The summed E-state index contributed by atoms with van der Waals surface area (Å²) in [5.41, 5.74) is 0. The third-order valence-electron chi connectivity index (χ3n) is 3.33. The van der Waals surface area contributed by atoms with Gasteiger partial charge in [0.2, 0.25) is 10.0 Å². The molecule has 0 saturated carbocycles. The average molecular weight is 313 g/mol. The van der Waals surface area contributed by atoms with E-state index in [1.165, 1.54) is 0 Å². The summed E-state index contributed by atoms with van der Waals surface area (Å²) in [6.45, 7) is 2.44. The normalized spacial score (nSPS) is 16.8. The van der Waals surface area contributed by atoms with Gasteiger partial charge < -0.3 is 17.7 Å². The zero-order valence-electron chi connectivity index (χ0n) is 10.8. The molecule has 2 aromatic rings. The van der Waals surface area contributed by atoms with Crippen LogP contribution >= 0.6 is 0 Å². The number of piperazine rings is 1. The maximum atomic E-state index is 12.7. The molecule has 7 heteroatoms. The van der Waals surface area contributed by atoms with Crippen LogP contribution in [0.4, 0.5) is 0 Å². The summed E-state index contributed by atoms with van der Waals surface area (Å²) in [5.74, 6) is 0. The SMILES string of the molecule is O=S(=O)(c1cccc2cnccc12)N1CCNCC1.[Cl-]. The second kappa shape index (κ2) is 6.05. The van der Waals surface area contributed by atoms with E-state index in [0.29, 0.717) is 31.1 Å². The number of nitrogens with zero attached hydrogens (tertiary/aromatic N) is 2. The van der Waals surface area contributed by atoms with Crippen LogP contribution in [0.5, 0.6) is 0 Å². The Morgan fingerprint density at radius 1 is 1.15 bits per heavy atom. The van der Waals surface area contributed by atoms with Gasteiger partial charge in [-0.3, -0.25) is 4.98 Å². The average Bonchev–Trinajstić information content (AvgIpc) is 2.47. The first kappa shape index (κ1) is 15.2. The molecule has 1 aliphatic rings. The zero-order valence-corrected chi connectivity index (χ0v) is 12.4. The minimum Gasteiger partial charge on any atom is -1.00 e. The van der Waals surface area contributed by atoms with Crippen molar-refractivity contribution in [1.29, 1.82) is 0 Å². The van der Waals surface area contributed by atoms with E-state index in [2.05, 4.69) is 10.3 Å². The number of halogens is 1. The lowest BCUT2D eigenvalue weighted by Crippen LogP contribution is -3.00. The number of fused-ring (bicyclic) bond motifs is 1. The molecule has 0 atom stereocenters. The predicted octanol–water partition coefficient (Wildman–Crippen LogP) is -2.17. The lowest BCUT2D eigenvalue weighted by Gasteiger charge is -2.27. The largest absolute Gasteiger partial charge is 1.00 e. The van der Waals surface area contributed by atoms with Crippen LogP contribution < -0.4 is 17.7 Å². The monoisotopic (exact) mass is 312 g/mol. The third-order valence-corrected chi connectivity index (χ3v) is 5.29. The lowest BCUT2D eigenvalue weighted by atomic mass is 10.2. The Labute approximate surface area is 124 Å². The summed E-state index contributed by atoms with van der Waals surface area (Å²) in [6.07, 6.45) is 3.31. The van der Waals surface area contributed by atoms with E-state index in [1.54, 1.807) is 34.9 Å². The summed E-state index contributed by atoms with van der Waals surface area (Å²) in [5, 5.41) is 4.74. The van der Waals surface area contributed by atoms with Crippen LogP contribution in [-0.2, 0) is 10.0 Å². The third kappa shape index (κ3) is 2.64. The highest BCUT2D eigenvalue weighted by atomic mass is 35.5. The molecule has 0 radical (unpaired) electrons. The summed E-state index contributed by atoms with van der Waals surface area (Å²) in [7, 11) is -3.42. The smallest absolute Gasteiger partial charge is 0.243 e. The van der Waals surface area contributed by atoms with E-state index in [9.17, 15) is 8.42 Å². The van der Waals surface area contributed by atoms with Crippen LogP contribution in [-0.4, -0.2) is 43.9 Å².